The topological polar surface area (TPSA) is 74.3 Å². The lowest BCUT2D eigenvalue weighted by atomic mass is 10.1. The van der Waals surface area contributed by atoms with Crippen LogP contribution < -0.4 is 20.9 Å². The van der Waals surface area contributed by atoms with Crippen molar-refractivity contribution in [2.75, 3.05) is 11.4 Å². The van der Waals surface area contributed by atoms with Gasteiger partial charge in [-0.05, 0) is 37.1 Å². The lowest BCUT2D eigenvalue weighted by Crippen LogP contribution is -2.37. The number of ether oxygens (including phenoxy) is 1. The Morgan fingerprint density at radius 1 is 1.00 bits per heavy atom. The molecule has 8 heteroatoms. The molecular formula is C24H25N5O3. The van der Waals surface area contributed by atoms with Gasteiger partial charge in [0.05, 0.1) is 0 Å². The first-order chi connectivity index (χ1) is 15.3. The van der Waals surface area contributed by atoms with Gasteiger partial charge >= 0.3 is 5.69 Å². The molecule has 2 aromatic carbocycles. The molecule has 0 fully saturated rings. The Morgan fingerprint density at radius 3 is 2.62 bits per heavy atom. The second-order valence-electron chi connectivity index (χ2n) is 8.31. The highest BCUT2D eigenvalue weighted by molar-refractivity contribution is 5.77. The van der Waals surface area contributed by atoms with Crippen molar-refractivity contribution in [3.63, 3.8) is 0 Å². The monoisotopic (exact) mass is 431 g/mol. The van der Waals surface area contributed by atoms with Crippen LogP contribution in [0.5, 0.6) is 5.75 Å². The van der Waals surface area contributed by atoms with E-state index in [0.717, 1.165) is 21.6 Å². The van der Waals surface area contributed by atoms with E-state index in [2.05, 4.69) is 41.9 Å². The minimum absolute atomic E-state index is 0.325. The number of aryl methyl sites for hydroxylation is 3. The van der Waals surface area contributed by atoms with Crippen LogP contribution in [-0.2, 0) is 27.2 Å². The summed E-state index contributed by atoms with van der Waals surface area (Å²) < 4.78 is 10.5. The zero-order valence-electron chi connectivity index (χ0n) is 18.6. The Balaban J connectivity index is 1.48. The molecule has 32 heavy (non-hydrogen) atoms. The summed E-state index contributed by atoms with van der Waals surface area (Å²) in [5.74, 6) is 1.42. The zero-order valence-corrected chi connectivity index (χ0v) is 18.6. The second kappa shape index (κ2) is 7.40. The molecule has 0 amide bonds. The number of anilines is 2. The molecule has 5 rings (SSSR count). The van der Waals surface area contributed by atoms with Crippen molar-refractivity contribution in [1.29, 1.82) is 0 Å². The molecule has 0 saturated heterocycles. The number of fused-ring (bicyclic) bond motifs is 3. The van der Waals surface area contributed by atoms with Crippen LogP contribution >= 0.6 is 0 Å². The van der Waals surface area contributed by atoms with Crippen molar-refractivity contribution in [2.45, 2.75) is 27.0 Å². The van der Waals surface area contributed by atoms with Gasteiger partial charge in [-0.1, -0.05) is 29.8 Å². The fraction of sp³-hybridized carbons (Fsp3) is 0.292. The number of hydrogen-bond donors (Lipinski definition) is 0. The van der Waals surface area contributed by atoms with Gasteiger partial charge < -0.3 is 14.2 Å². The van der Waals surface area contributed by atoms with E-state index in [1.54, 1.807) is 7.05 Å². The molecule has 0 radical (unpaired) electrons. The smallest absolute Gasteiger partial charge is 0.332 e. The molecule has 0 saturated carbocycles. The molecule has 1 aliphatic heterocycles. The van der Waals surface area contributed by atoms with E-state index in [0.29, 0.717) is 36.8 Å². The van der Waals surface area contributed by atoms with Crippen LogP contribution in [0.1, 0.15) is 16.7 Å². The fourth-order valence-electron chi connectivity index (χ4n) is 4.26. The molecule has 164 valence electrons. The molecule has 4 aromatic rings. The van der Waals surface area contributed by atoms with Crippen LogP contribution in [0.4, 0.5) is 11.6 Å². The van der Waals surface area contributed by atoms with Crippen molar-refractivity contribution >= 4 is 22.8 Å². The molecule has 0 spiro atoms. The first-order valence-electron chi connectivity index (χ1n) is 10.6. The van der Waals surface area contributed by atoms with Crippen LogP contribution in [-0.4, -0.2) is 25.2 Å². The summed E-state index contributed by atoms with van der Waals surface area (Å²) >= 11 is 0. The summed E-state index contributed by atoms with van der Waals surface area (Å²) in [4.78, 5) is 31.8. The Labute approximate surface area is 184 Å². The molecule has 1 aliphatic rings. The summed E-state index contributed by atoms with van der Waals surface area (Å²) in [5, 5.41) is 0. The van der Waals surface area contributed by atoms with Crippen LogP contribution in [0.3, 0.4) is 0 Å². The van der Waals surface area contributed by atoms with Crippen molar-refractivity contribution in [3.05, 3.63) is 80.0 Å². The number of nitrogens with zero attached hydrogens (tertiary/aromatic N) is 5. The maximum atomic E-state index is 12.7. The number of benzene rings is 2. The maximum Gasteiger partial charge on any atom is 0.332 e. The van der Waals surface area contributed by atoms with Crippen LogP contribution in [0.15, 0.2) is 52.1 Å². The van der Waals surface area contributed by atoms with Crippen molar-refractivity contribution in [2.24, 2.45) is 14.1 Å². The highest BCUT2D eigenvalue weighted by Gasteiger charge is 2.28. The predicted molar refractivity (Wildman–Crippen MR) is 124 cm³/mol. The highest BCUT2D eigenvalue weighted by Crippen LogP contribution is 2.33. The van der Waals surface area contributed by atoms with Crippen molar-refractivity contribution in [1.82, 2.24) is 18.7 Å². The van der Waals surface area contributed by atoms with Gasteiger partial charge in [0.25, 0.3) is 5.56 Å². The van der Waals surface area contributed by atoms with E-state index >= 15 is 0 Å². The van der Waals surface area contributed by atoms with E-state index < -0.39 is 0 Å². The van der Waals surface area contributed by atoms with Crippen molar-refractivity contribution < 1.29 is 4.74 Å². The van der Waals surface area contributed by atoms with E-state index in [4.69, 9.17) is 4.74 Å². The number of hydrogen-bond acceptors (Lipinski definition) is 5. The van der Waals surface area contributed by atoms with Crippen molar-refractivity contribution in [3.8, 4) is 5.75 Å². The Bertz CT molecular complexity index is 1480. The zero-order chi connectivity index (χ0) is 22.6. The van der Waals surface area contributed by atoms with Gasteiger partial charge in [0, 0.05) is 38.9 Å². The summed E-state index contributed by atoms with van der Waals surface area (Å²) in [6.07, 6.45) is 0. The first-order valence-corrected chi connectivity index (χ1v) is 10.6. The molecule has 0 N–H and O–H groups in total. The second-order valence-corrected chi connectivity index (χ2v) is 8.31. The lowest BCUT2D eigenvalue weighted by molar-refractivity contribution is 0.305. The molecular weight excluding hydrogens is 406 g/mol. The van der Waals surface area contributed by atoms with E-state index in [1.807, 2.05) is 28.8 Å². The summed E-state index contributed by atoms with van der Waals surface area (Å²) in [6, 6.07) is 14.2. The molecule has 3 heterocycles. The molecule has 0 bridgehead atoms. The quantitative estimate of drug-likeness (QED) is 0.497. The predicted octanol–water partition coefficient (Wildman–Crippen LogP) is 2.78. The van der Waals surface area contributed by atoms with Gasteiger partial charge in [-0.15, -0.1) is 0 Å². The first kappa shape index (κ1) is 20.1. The minimum atomic E-state index is -0.382. The molecule has 0 aliphatic carbocycles. The molecule has 0 atom stereocenters. The third-order valence-corrected chi connectivity index (χ3v) is 6.14. The third-order valence-electron chi connectivity index (χ3n) is 6.14. The highest BCUT2D eigenvalue weighted by atomic mass is 16.5. The fourth-order valence-corrected chi connectivity index (χ4v) is 4.26. The van der Waals surface area contributed by atoms with E-state index in [-0.39, 0.29) is 11.2 Å². The summed E-state index contributed by atoms with van der Waals surface area (Å²) in [6.45, 7) is 5.96. The normalized spacial score (nSPS) is 13.1. The Hall–Kier alpha value is -3.81. The Morgan fingerprint density at radius 2 is 1.81 bits per heavy atom. The van der Waals surface area contributed by atoms with Crippen LogP contribution in [0, 0.1) is 13.8 Å². The van der Waals surface area contributed by atoms with Crippen LogP contribution in [0.25, 0.3) is 11.2 Å². The van der Waals surface area contributed by atoms with Gasteiger partial charge in [0.2, 0.25) is 5.95 Å². The summed E-state index contributed by atoms with van der Waals surface area (Å²) in [5.41, 5.74) is 4.65. The minimum Gasteiger partial charge on any atom is -0.489 e. The molecule has 8 nitrogen and oxygen atoms in total. The third kappa shape index (κ3) is 3.10. The lowest BCUT2D eigenvalue weighted by Gasteiger charge is -2.17. The van der Waals surface area contributed by atoms with E-state index in [1.165, 1.54) is 22.7 Å². The largest absolute Gasteiger partial charge is 0.489 e. The van der Waals surface area contributed by atoms with E-state index in [9.17, 15) is 9.59 Å². The van der Waals surface area contributed by atoms with Crippen LogP contribution in [0.2, 0.25) is 0 Å². The maximum absolute atomic E-state index is 12.7. The van der Waals surface area contributed by atoms with Gasteiger partial charge in [-0.3, -0.25) is 13.9 Å². The summed E-state index contributed by atoms with van der Waals surface area (Å²) in [7, 11) is 3.13. The number of imidazole rings is 1. The average Bonchev–Trinajstić information content (AvgIpc) is 3.36. The molecule has 2 aromatic heterocycles. The molecule has 0 unspecified atom stereocenters. The average molecular weight is 431 g/mol. The van der Waals surface area contributed by atoms with Gasteiger partial charge in [0.15, 0.2) is 11.2 Å². The Kier molecular flexibility index (Phi) is 4.65. The standard InChI is InChI=1S/C24H25N5O3/c1-15-8-9-16(2)17(12-15)14-32-19-7-5-6-18(13-19)28-10-11-29-20-21(25-23(28)29)26(3)24(31)27(4)22(20)30/h5-9,12-13H,10-11,14H2,1-4H3. The number of rotatable bonds is 4. The number of aromatic nitrogens is 4. The van der Waals surface area contributed by atoms with Gasteiger partial charge in [0.1, 0.15) is 12.4 Å². The van der Waals surface area contributed by atoms with Gasteiger partial charge in [-0.25, -0.2) is 4.79 Å². The van der Waals surface area contributed by atoms with Gasteiger partial charge in [-0.2, -0.15) is 4.98 Å². The SMILES string of the molecule is Cc1ccc(C)c(COc2cccc(N3CCn4c3nc3c4c(=O)n(C)c(=O)n3C)c2)c1.